The van der Waals surface area contributed by atoms with Crippen LogP contribution in [0.4, 0.5) is 0 Å². The van der Waals surface area contributed by atoms with Crippen molar-refractivity contribution in [3.05, 3.63) is 64.2 Å². The Hall–Kier alpha value is -3.56. The maximum atomic E-state index is 12.9. The van der Waals surface area contributed by atoms with E-state index in [-0.39, 0.29) is 12.2 Å². The summed E-state index contributed by atoms with van der Waals surface area (Å²) in [5.74, 6) is 2.12. The summed E-state index contributed by atoms with van der Waals surface area (Å²) >= 11 is 6.34. The highest BCUT2D eigenvalue weighted by atomic mass is 35.5. The third-order valence-electron chi connectivity index (χ3n) is 4.22. The van der Waals surface area contributed by atoms with E-state index in [1.165, 1.54) is 0 Å². The Morgan fingerprint density at radius 2 is 2.00 bits per heavy atom. The van der Waals surface area contributed by atoms with Crippen molar-refractivity contribution in [1.29, 1.82) is 0 Å². The lowest BCUT2D eigenvalue weighted by atomic mass is 10.1. The monoisotopic (exact) mass is 422 g/mol. The van der Waals surface area contributed by atoms with Crippen LogP contribution in [-0.4, -0.2) is 35.7 Å². The molecule has 6 nitrogen and oxygen atoms in total. The zero-order valence-corrected chi connectivity index (χ0v) is 17.3. The minimum atomic E-state index is -0.511. The van der Waals surface area contributed by atoms with Gasteiger partial charge < -0.3 is 9.47 Å². The van der Waals surface area contributed by atoms with Gasteiger partial charge >= 0.3 is 0 Å². The third-order valence-corrected chi connectivity index (χ3v) is 4.50. The maximum Gasteiger partial charge on any atom is 0.283 e. The van der Waals surface area contributed by atoms with Gasteiger partial charge in [-0.1, -0.05) is 35.7 Å². The Morgan fingerprint density at radius 3 is 2.67 bits per heavy atom. The van der Waals surface area contributed by atoms with E-state index in [9.17, 15) is 9.59 Å². The van der Waals surface area contributed by atoms with Crippen molar-refractivity contribution in [2.75, 3.05) is 13.2 Å². The van der Waals surface area contributed by atoms with Crippen LogP contribution in [0.5, 0.6) is 11.5 Å². The summed E-state index contributed by atoms with van der Waals surface area (Å²) in [4.78, 5) is 25.5. The van der Waals surface area contributed by atoms with Crippen LogP contribution < -0.4 is 9.47 Å². The minimum absolute atomic E-state index is 0.0427. The summed E-state index contributed by atoms with van der Waals surface area (Å²) in [6.07, 6.45) is 6.86. The number of carbonyl (C=O) groups is 2. The molecule has 3 rings (SSSR count). The van der Waals surface area contributed by atoms with Crippen molar-refractivity contribution in [2.24, 2.45) is 5.10 Å². The van der Waals surface area contributed by atoms with Gasteiger partial charge in [-0.25, -0.2) is 0 Å². The summed E-state index contributed by atoms with van der Waals surface area (Å²) < 4.78 is 11.1. The summed E-state index contributed by atoms with van der Waals surface area (Å²) in [5, 5.41) is 5.29. The van der Waals surface area contributed by atoms with E-state index in [2.05, 4.69) is 11.0 Å². The first-order chi connectivity index (χ1) is 14.5. The van der Waals surface area contributed by atoms with Crippen LogP contribution in [0.15, 0.2) is 53.1 Å². The standard InChI is InChI=1S/C23H19ClN2O4/c1-4-11-30-21-19(24)13-16(14-20(21)29-5-2)12-18-15(3)25-26(23(18)28)22(27)17-9-7-6-8-10-17/h1,6-10,12-14H,5,11H2,2-3H3/b18-12+. The molecule has 0 saturated heterocycles. The summed E-state index contributed by atoms with van der Waals surface area (Å²) in [5.41, 5.74) is 1.69. The van der Waals surface area contributed by atoms with Crippen LogP contribution in [-0.2, 0) is 4.79 Å². The number of nitrogens with zero attached hydrogens (tertiary/aromatic N) is 2. The van der Waals surface area contributed by atoms with E-state index < -0.39 is 11.8 Å². The second kappa shape index (κ2) is 9.29. The van der Waals surface area contributed by atoms with Crippen LogP contribution in [0.2, 0.25) is 5.02 Å². The summed E-state index contributed by atoms with van der Waals surface area (Å²) in [6.45, 7) is 3.93. The number of rotatable bonds is 6. The average Bonchev–Trinajstić information content (AvgIpc) is 3.02. The second-order valence-corrected chi connectivity index (χ2v) is 6.69. The smallest absolute Gasteiger partial charge is 0.283 e. The molecule has 1 aliphatic heterocycles. The first kappa shape index (κ1) is 21.2. The highest BCUT2D eigenvalue weighted by Crippen LogP contribution is 2.37. The fourth-order valence-corrected chi connectivity index (χ4v) is 3.15. The van der Waals surface area contributed by atoms with E-state index in [0.717, 1.165) is 5.01 Å². The van der Waals surface area contributed by atoms with Gasteiger partial charge in [0.1, 0.15) is 6.61 Å². The highest BCUT2D eigenvalue weighted by molar-refractivity contribution is 6.33. The SMILES string of the molecule is C#CCOc1c(Cl)cc(/C=C2/C(=O)N(C(=O)c3ccccc3)N=C2C)cc1OCC. The number of amides is 2. The summed E-state index contributed by atoms with van der Waals surface area (Å²) in [7, 11) is 0. The van der Waals surface area contributed by atoms with Crippen molar-refractivity contribution in [2.45, 2.75) is 13.8 Å². The number of terminal acetylenes is 1. The van der Waals surface area contributed by atoms with Crippen LogP contribution in [0.1, 0.15) is 29.8 Å². The number of hydrazone groups is 1. The van der Waals surface area contributed by atoms with E-state index in [4.69, 9.17) is 27.5 Å². The largest absolute Gasteiger partial charge is 0.490 e. The number of halogens is 1. The lowest BCUT2D eigenvalue weighted by molar-refractivity contribution is -0.123. The zero-order valence-electron chi connectivity index (χ0n) is 16.5. The van der Waals surface area contributed by atoms with Crippen LogP contribution in [0.25, 0.3) is 6.08 Å². The first-order valence-electron chi connectivity index (χ1n) is 9.20. The lowest BCUT2D eigenvalue weighted by Crippen LogP contribution is -2.29. The molecule has 0 bridgehead atoms. The molecule has 0 unspecified atom stereocenters. The van der Waals surface area contributed by atoms with Gasteiger partial charge in [0.05, 0.1) is 22.9 Å². The molecule has 2 aromatic rings. The molecule has 2 aromatic carbocycles. The van der Waals surface area contributed by atoms with Crippen molar-refractivity contribution in [1.82, 2.24) is 5.01 Å². The van der Waals surface area contributed by atoms with Crippen molar-refractivity contribution >= 4 is 35.2 Å². The lowest BCUT2D eigenvalue weighted by Gasteiger charge is -2.13. The van der Waals surface area contributed by atoms with E-state index >= 15 is 0 Å². The van der Waals surface area contributed by atoms with Gasteiger partial charge in [-0.15, -0.1) is 6.42 Å². The van der Waals surface area contributed by atoms with E-state index in [1.807, 2.05) is 6.92 Å². The minimum Gasteiger partial charge on any atom is -0.490 e. The normalized spacial score (nSPS) is 14.5. The average molecular weight is 423 g/mol. The van der Waals surface area contributed by atoms with Crippen LogP contribution in [0.3, 0.4) is 0 Å². The maximum absolute atomic E-state index is 12.9. The molecule has 1 heterocycles. The summed E-state index contributed by atoms with van der Waals surface area (Å²) in [6, 6.07) is 11.8. The van der Waals surface area contributed by atoms with Gasteiger partial charge in [-0.2, -0.15) is 10.1 Å². The zero-order chi connectivity index (χ0) is 21.7. The molecule has 0 atom stereocenters. The van der Waals surface area contributed by atoms with E-state index in [0.29, 0.717) is 40.0 Å². The van der Waals surface area contributed by atoms with Gasteiger partial charge in [0, 0.05) is 5.56 Å². The molecule has 7 heteroatoms. The van der Waals surface area contributed by atoms with Gasteiger partial charge in [0.25, 0.3) is 11.8 Å². The van der Waals surface area contributed by atoms with Crippen LogP contribution >= 0.6 is 11.6 Å². The Bertz CT molecular complexity index is 1080. The number of benzene rings is 2. The highest BCUT2D eigenvalue weighted by Gasteiger charge is 2.33. The second-order valence-electron chi connectivity index (χ2n) is 6.29. The molecule has 0 N–H and O–H groups in total. The Labute approximate surface area is 179 Å². The molecule has 0 saturated carbocycles. The molecule has 152 valence electrons. The van der Waals surface area contributed by atoms with Crippen LogP contribution in [0, 0.1) is 12.3 Å². The fraction of sp³-hybridized carbons (Fsp3) is 0.174. The molecule has 30 heavy (non-hydrogen) atoms. The van der Waals surface area contributed by atoms with Gasteiger partial charge in [0.15, 0.2) is 11.5 Å². The molecule has 2 amide bonds. The first-order valence-corrected chi connectivity index (χ1v) is 9.57. The number of ether oxygens (including phenoxy) is 2. The Kier molecular flexibility index (Phi) is 6.55. The molecule has 0 aromatic heterocycles. The molecule has 1 aliphatic rings. The fourth-order valence-electron chi connectivity index (χ4n) is 2.88. The number of hydrogen-bond acceptors (Lipinski definition) is 5. The molecule has 0 fully saturated rings. The molecule has 0 radical (unpaired) electrons. The predicted octanol–water partition coefficient (Wildman–Crippen LogP) is 4.19. The third kappa shape index (κ3) is 4.37. The van der Waals surface area contributed by atoms with E-state index in [1.54, 1.807) is 55.5 Å². The molecular formula is C23H19ClN2O4. The number of carbonyl (C=O) groups excluding carboxylic acids is 2. The quantitative estimate of drug-likeness (QED) is 0.397. The Balaban J connectivity index is 1.93. The van der Waals surface area contributed by atoms with Crippen molar-refractivity contribution in [3.63, 3.8) is 0 Å². The molecule has 0 spiro atoms. The van der Waals surface area contributed by atoms with Crippen molar-refractivity contribution < 1.29 is 19.1 Å². The van der Waals surface area contributed by atoms with Gasteiger partial charge in [-0.3, -0.25) is 9.59 Å². The Morgan fingerprint density at radius 1 is 1.27 bits per heavy atom. The molecule has 0 aliphatic carbocycles. The van der Waals surface area contributed by atoms with Gasteiger partial charge in [-0.05, 0) is 49.8 Å². The number of imide groups is 1. The van der Waals surface area contributed by atoms with Crippen molar-refractivity contribution in [3.8, 4) is 23.8 Å². The topological polar surface area (TPSA) is 68.2 Å². The van der Waals surface area contributed by atoms with Gasteiger partial charge in [0.2, 0.25) is 0 Å². The molecular weight excluding hydrogens is 404 g/mol. The number of hydrogen-bond donors (Lipinski definition) is 0. The predicted molar refractivity (Wildman–Crippen MR) is 116 cm³/mol.